The van der Waals surface area contributed by atoms with Crippen molar-refractivity contribution in [1.29, 1.82) is 0 Å². The molecule has 1 atom stereocenters. The summed E-state index contributed by atoms with van der Waals surface area (Å²) in [5.74, 6) is -0.349. The van der Waals surface area contributed by atoms with Gasteiger partial charge in [-0.1, -0.05) is 12.1 Å². The summed E-state index contributed by atoms with van der Waals surface area (Å²) in [7, 11) is 1.59. The van der Waals surface area contributed by atoms with Crippen molar-refractivity contribution in [1.82, 2.24) is 9.55 Å². The number of hydrogen-bond donors (Lipinski definition) is 1. The molecule has 0 spiro atoms. The van der Waals surface area contributed by atoms with Crippen LogP contribution >= 0.6 is 11.3 Å². The van der Waals surface area contributed by atoms with Gasteiger partial charge in [-0.25, -0.2) is 9.78 Å². The Kier molecular flexibility index (Phi) is 3.87. The lowest BCUT2D eigenvalue weighted by Crippen LogP contribution is -2.28. The van der Waals surface area contributed by atoms with Gasteiger partial charge in [-0.15, -0.1) is 11.3 Å². The number of thiophene rings is 1. The molecule has 118 valence electrons. The van der Waals surface area contributed by atoms with E-state index in [9.17, 15) is 9.59 Å². The minimum atomic E-state index is -1.07. The second kappa shape index (κ2) is 5.85. The molecule has 0 aliphatic rings. The molecule has 0 fully saturated rings. The van der Waals surface area contributed by atoms with E-state index in [1.54, 1.807) is 7.11 Å². The van der Waals surface area contributed by atoms with Gasteiger partial charge in [-0.05, 0) is 24.6 Å². The van der Waals surface area contributed by atoms with E-state index in [4.69, 9.17) is 9.84 Å². The van der Waals surface area contributed by atoms with Crippen molar-refractivity contribution in [3.63, 3.8) is 0 Å². The van der Waals surface area contributed by atoms with E-state index >= 15 is 0 Å². The molecule has 0 aliphatic heterocycles. The van der Waals surface area contributed by atoms with Gasteiger partial charge < -0.3 is 9.84 Å². The number of carboxylic acid groups (broad SMARTS) is 1. The Balaban J connectivity index is 2.20. The Labute approximate surface area is 135 Å². The molecule has 3 aromatic rings. The standard InChI is InChI=1S/C16H14N2O4S/c1-9(16(20)21)18-8-17-14-13(15(18)19)12(7-23-14)10-3-5-11(22-2)6-4-10/h3-9H,1-2H3,(H,20,21)/t9-/m0/s1. The first-order valence-electron chi connectivity index (χ1n) is 6.88. The predicted molar refractivity (Wildman–Crippen MR) is 88.2 cm³/mol. The van der Waals surface area contributed by atoms with Crippen LogP contribution in [-0.4, -0.2) is 27.7 Å². The summed E-state index contributed by atoms with van der Waals surface area (Å²) in [5.41, 5.74) is 1.26. The van der Waals surface area contributed by atoms with E-state index in [-0.39, 0.29) is 5.56 Å². The van der Waals surface area contributed by atoms with E-state index in [0.29, 0.717) is 10.2 Å². The number of fused-ring (bicyclic) bond motifs is 1. The van der Waals surface area contributed by atoms with Crippen LogP contribution in [0.2, 0.25) is 0 Å². The van der Waals surface area contributed by atoms with Crippen molar-refractivity contribution in [3.8, 4) is 16.9 Å². The maximum atomic E-state index is 12.7. The number of hydrogen-bond acceptors (Lipinski definition) is 5. The van der Waals surface area contributed by atoms with Crippen LogP contribution < -0.4 is 10.3 Å². The Morgan fingerprint density at radius 3 is 2.65 bits per heavy atom. The Bertz CT molecular complexity index is 927. The van der Waals surface area contributed by atoms with Crippen LogP contribution in [0.4, 0.5) is 0 Å². The summed E-state index contributed by atoms with van der Waals surface area (Å²) in [6.07, 6.45) is 1.29. The highest BCUT2D eigenvalue weighted by molar-refractivity contribution is 7.17. The van der Waals surface area contributed by atoms with Crippen LogP contribution in [0.3, 0.4) is 0 Å². The van der Waals surface area contributed by atoms with E-state index in [0.717, 1.165) is 21.4 Å². The fraction of sp³-hybridized carbons (Fsp3) is 0.188. The minimum absolute atomic E-state index is 0.350. The van der Waals surface area contributed by atoms with Gasteiger partial charge in [0.15, 0.2) is 0 Å². The number of benzene rings is 1. The molecule has 2 heterocycles. The lowest BCUT2D eigenvalue weighted by Gasteiger charge is -2.10. The van der Waals surface area contributed by atoms with Crippen LogP contribution in [0.5, 0.6) is 5.75 Å². The lowest BCUT2D eigenvalue weighted by atomic mass is 10.1. The zero-order chi connectivity index (χ0) is 16.6. The molecule has 0 amide bonds. The van der Waals surface area contributed by atoms with Crippen molar-refractivity contribution in [3.05, 3.63) is 46.3 Å². The molecular formula is C16H14N2O4S. The number of carboxylic acids is 1. The Morgan fingerprint density at radius 1 is 1.35 bits per heavy atom. The first kappa shape index (κ1) is 15.2. The molecule has 0 bridgehead atoms. The van der Waals surface area contributed by atoms with Gasteiger partial charge in [0.1, 0.15) is 16.6 Å². The zero-order valence-corrected chi connectivity index (χ0v) is 13.3. The summed E-state index contributed by atoms with van der Waals surface area (Å²) < 4.78 is 6.28. The highest BCUT2D eigenvalue weighted by Crippen LogP contribution is 2.31. The molecule has 2 aromatic heterocycles. The minimum Gasteiger partial charge on any atom is -0.497 e. The van der Waals surface area contributed by atoms with Crippen molar-refractivity contribution >= 4 is 27.5 Å². The zero-order valence-electron chi connectivity index (χ0n) is 12.5. The van der Waals surface area contributed by atoms with Crippen LogP contribution in [0.15, 0.2) is 40.8 Å². The van der Waals surface area contributed by atoms with Crippen LogP contribution in [0, 0.1) is 0 Å². The van der Waals surface area contributed by atoms with Crippen molar-refractivity contribution < 1.29 is 14.6 Å². The van der Waals surface area contributed by atoms with Crippen LogP contribution in [0.1, 0.15) is 13.0 Å². The molecule has 0 unspecified atom stereocenters. The molecule has 3 rings (SSSR count). The molecule has 6 nitrogen and oxygen atoms in total. The molecular weight excluding hydrogens is 316 g/mol. The molecule has 0 aliphatic carbocycles. The molecule has 0 saturated heterocycles. The van der Waals surface area contributed by atoms with Crippen molar-refractivity contribution in [2.75, 3.05) is 7.11 Å². The summed E-state index contributed by atoms with van der Waals surface area (Å²) in [5, 5.41) is 11.4. The lowest BCUT2D eigenvalue weighted by molar-refractivity contribution is -0.140. The number of aliphatic carboxylic acids is 1. The van der Waals surface area contributed by atoms with E-state index in [2.05, 4.69) is 4.98 Å². The molecule has 0 saturated carbocycles. The summed E-state index contributed by atoms with van der Waals surface area (Å²) in [6.45, 7) is 1.46. The number of rotatable bonds is 4. The molecule has 7 heteroatoms. The first-order chi connectivity index (χ1) is 11.0. The molecule has 0 radical (unpaired) electrons. The van der Waals surface area contributed by atoms with Crippen LogP contribution in [0.25, 0.3) is 21.3 Å². The SMILES string of the molecule is COc1ccc(-c2csc3ncn([C@@H](C)C(=O)O)c(=O)c23)cc1. The quantitative estimate of drug-likeness (QED) is 0.795. The van der Waals surface area contributed by atoms with Crippen LogP contribution in [-0.2, 0) is 4.79 Å². The fourth-order valence-corrected chi connectivity index (χ4v) is 3.23. The second-order valence-corrected chi connectivity index (χ2v) is 5.89. The summed E-state index contributed by atoms with van der Waals surface area (Å²) in [6, 6.07) is 6.37. The third-order valence-corrected chi connectivity index (χ3v) is 4.58. The van der Waals surface area contributed by atoms with Crippen molar-refractivity contribution in [2.24, 2.45) is 0 Å². The van der Waals surface area contributed by atoms with Gasteiger partial charge in [0.2, 0.25) is 0 Å². The smallest absolute Gasteiger partial charge is 0.326 e. The number of methoxy groups -OCH3 is 1. The Hall–Kier alpha value is -2.67. The van der Waals surface area contributed by atoms with E-state index < -0.39 is 12.0 Å². The topological polar surface area (TPSA) is 81.4 Å². The number of nitrogens with zero attached hydrogens (tertiary/aromatic N) is 2. The second-order valence-electron chi connectivity index (χ2n) is 5.03. The maximum absolute atomic E-state index is 12.7. The van der Waals surface area contributed by atoms with Gasteiger partial charge in [0.25, 0.3) is 5.56 Å². The monoisotopic (exact) mass is 330 g/mol. The molecule has 1 aromatic carbocycles. The largest absolute Gasteiger partial charge is 0.497 e. The fourth-order valence-electron chi connectivity index (χ4n) is 2.32. The summed E-state index contributed by atoms with van der Waals surface area (Å²) in [4.78, 5) is 28.7. The maximum Gasteiger partial charge on any atom is 0.326 e. The number of carbonyl (C=O) groups is 1. The number of aromatic nitrogens is 2. The third-order valence-electron chi connectivity index (χ3n) is 3.70. The average Bonchev–Trinajstić information content (AvgIpc) is 2.99. The number of ether oxygens (including phenoxy) is 1. The highest BCUT2D eigenvalue weighted by Gasteiger charge is 2.19. The van der Waals surface area contributed by atoms with Crippen molar-refractivity contribution in [2.45, 2.75) is 13.0 Å². The Morgan fingerprint density at radius 2 is 2.04 bits per heavy atom. The average molecular weight is 330 g/mol. The van der Waals surface area contributed by atoms with E-state index in [1.807, 2.05) is 29.6 Å². The van der Waals surface area contributed by atoms with Gasteiger partial charge in [0, 0.05) is 10.9 Å². The molecule has 1 N–H and O–H groups in total. The van der Waals surface area contributed by atoms with E-state index in [1.165, 1.54) is 24.6 Å². The highest BCUT2D eigenvalue weighted by atomic mass is 32.1. The normalized spacial score (nSPS) is 12.3. The van der Waals surface area contributed by atoms with Gasteiger partial charge in [0.05, 0.1) is 18.8 Å². The molecule has 23 heavy (non-hydrogen) atoms. The summed E-state index contributed by atoms with van der Waals surface area (Å²) >= 11 is 1.36. The van der Waals surface area contributed by atoms with Gasteiger partial charge in [-0.3, -0.25) is 9.36 Å². The predicted octanol–water partition coefficient (Wildman–Crippen LogP) is 2.78. The van der Waals surface area contributed by atoms with Gasteiger partial charge >= 0.3 is 5.97 Å². The third kappa shape index (κ3) is 2.59. The first-order valence-corrected chi connectivity index (χ1v) is 7.76. The van der Waals surface area contributed by atoms with Gasteiger partial charge in [-0.2, -0.15) is 0 Å².